The summed E-state index contributed by atoms with van der Waals surface area (Å²) in [7, 11) is 1.52. The van der Waals surface area contributed by atoms with Gasteiger partial charge in [0.25, 0.3) is 0 Å². The summed E-state index contributed by atoms with van der Waals surface area (Å²) in [5.74, 6) is -1.67. The van der Waals surface area contributed by atoms with Gasteiger partial charge in [0.1, 0.15) is 36.0 Å². The molecule has 37 heavy (non-hydrogen) atoms. The van der Waals surface area contributed by atoms with Crippen LogP contribution in [0.25, 0.3) is 11.2 Å². The van der Waals surface area contributed by atoms with Crippen molar-refractivity contribution in [2.24, 2.45) is 0 Å². The molecule has 0 unspecified atom stereocenters. The van der Waals surface area contributed by atoms with Gasteiger partial charge >= 0.3 is 17.9 Å². The van der Waals surface area contributed by atoms with E-state index in [4.69, 9.17) is 23.7 Å². The molecule has 3 aromatic rings. The van der Waals surface area contributed by atoms with E-state index in [1.165, 1.54) is 45.1 Å². The average molecular weight is 512 g/mol. The van der Waals surface area contributed by atoms with Crippen molar-refractivity contribution < 1.29 is 42.9 Å². The zero-order valence-corrected chi connectivity index (χ0v) is 20.4. The topological polar surface area (TPSA) is 158 Å². The Morgan fingerprint density at radius 3 is 2.22 bits per heavy atom. The van der Waals surface area contributed by atoms with E-state index in [1.807, 2.05) is 0 Å². The molecule has 0 bridgehead atoms. The van der Waals surface area contributed by atoms with Gasteiger partial charge in [0.05, 0.1) is 13.4 Å². The Balaban J connectivity index is 1.73. The lowest BCUT2D eigenvalue weighted by atomic mass is 10.1. The third-order valence-electron chi connectivity index (χ3n) is 5.54. The van der Waals surface area contributed by atoms with Crippen LogP contribution < -0.4 is 4.74 Å². The summed E-state index contributed by atoms with van der Waals surface area (Å²) in [6, 6.07) is 6.51. The second kappa shape index (κ2) is 10.7. The van der Waals surface area contributed by atoms with Crippen LogP contribution in [-0.2, 0) is 33.3 Å². The zero-order chi connectivity index (χ0) is 26.7. The Morgan fingerprint density at radius 1 is 0.919 bits per heavy atom. The largest absolute Gasteiger partial charge is 0.497 e. The van der Waals surface area contributed by atoms with E-state index in [-0.39, 0.29) is 23.5 Å². The molecule has 0 N–H and O–H groups in total. The molecule has 0 aliphatic carbocycles. The smallest absolute Gasteiger partial charge is 0.303 e. The Bertz CT molecular complexity index is 1340. The van der Waals surface area contributed by atoms with E-state index in [0.29, 0.717) is 11.3 Å². The molecule has 1 fully saturated rings. The number of aromatic nitrogens is 4. The van der Waals surface area contributed by atoms with Crippen molar-refractivity contribution in [3.63, 3.8) is 0 Å². The number of ether oxygens (including phenoxy) is 5. The molecule has 3 heterocycles. The quantitative estimate of drug-likeness (QED) is 0.243. The summed E-state index contributed by atoms with van der Waals surface area (Å²) in [5.41, 5.74) is 0.801. The van der Waals surface area contributed by atoms with Crippen molar-refractivity contribution in [3.05, 3.63) is 48.2 Å². The lowest BCUT2D eigenvalue weighted by molar-refractivity contribution is -0.166. The number of carbonyl (C=O) groups excluding carboxylic acids is 4. The van der Waals surface area contributed by atoms with Gasteiger partial charge in [-0.05, 0) is 24.3 Å². The second-order valence-corrected chi connectivity index (χ2v) is 8.12. The highest BCUT2D eigenvalue weighted by atomic mass is 16.7. The number of ketones is 1. The lowest BCUT2D eigenvalue weighted by Gasteiger charge is -2.23. The maximum absolute atomic E-state index is 13.2. The number of imidazole rings is 1. The van der Waals surface area contributed by atoms with Crippen LogP contribution in [0.1, 0.15) is 43.1 Å². The van der Waals surface area contributed by atoms with Crippen molar-refractivity contribution in [1.29, 1.82) is 0 Å². The first-order valence-corrected chi connectivity index (χ1v) is 11.2. The third-order valence-corrected chi connectivity index (χ3v) is 5.54. The van der Waals surface area contributed by atoms with E-state index in [0.717, 1.165) is 0 Å². The molecular weight excluding hydrogens is 488 g/mol. The van der Waals surface area contributed by atoms with Crippen LogP contribution in [0.2, 0.25) is 0 Å². The highest BCUT2D eigenvalue weighted by Crippen LogP contribution is 2.36. The van der Waals surface area contributed by atoms with E-state index < -0.39 is 48.2 Å². The predicted molar refractivity (Wildman–Crippen MR) is 123 cm³/mol. The van der Waals surface area contributed by atoms with Crippen LogP contribution >= 0.6 is 0 Å². The van der Waals surface area contributed by atoms with Gasteiger partial charge < -0.3 is 23.7 Å². The van der Waals surface area contributed by atoms with Crippen molar-refractivity contribution in [2.75, 3.05) is 13.7 Å². The first kappa shape index (κ1) is 25.7. The molecular formula is C24H24N4O9. The Kier molecular flexibility index (Phi) is 7.43. The maximum atomic E-state index is 13.2. The van der Waals surface area contributed by atoms with Crippen LogP contribution in [0.4, 0.5) is 0 Å². The van der Waals surface area contributed by atoms with Gasteiger partial charge in [-0.15, -0.1) is 0 Å². The summed E-state index contributed by atoms with van der Waals surface area (Å²) in [4.78, 5) is 61.0. The monoisotopic (exact) mass is 512 g/mol. The van der Waals surface area contributed by atoms with Gasteiger partial charge in [0.15, 0.2) is 24.1 Å². The van der Waals surface area contributed by atoms with Crippen molar-refractivity contribution in [1.82, 2.24) is 19.5 Å². The number of rotatable bonds is 8. The average Bonchev–Trinajstić information content (AvgIpc) is 3.43. The summed E-state index contributed by atoms with van der Waals surface area (Å²) in [6.45, 7) is 3.35. The number of fused-ring (bicyclic) bond motifs is 1. The number of hydrogen-bond acceptors (Lipinski definition) is 12. The normalized spacial score (nSPS) is 20.9. The Hall–Kier alpha value is -4.39. The molecule has 194 valence electrons. The van der Waals surface area contributed by atoms with Crippen LogP contribution in [0, 0.1) is 0 Å². The Labute approximate surface area is 210 Å². The van der Waals surface area contributed by atoms with Gasteiger partial charge in [-0.1, -0.05) is 0 Å². The minimum atomic E-state index is -1.13. The second-order valence-electron chi connectivity index (χ2n) is 8.12. The molecule has 0 spiro atoms. The van der Waals surface area contributed by atoms with Crippen molar-refractivity contribution >= 4 is 34.9 Å². The number of methoxy groups -OCH3 is 1. The van der Waals surface area contributed by atoms with Gasteiger partial charge in [0, 0.05) is 26.3 Å². The highest BCUT2D eigenvalue weighted by Gasteiger charge is 2.51. The number of esters is 3. The molecule has 1 saturated heterocycles. The zero-order valence-electron chi connectivity index (χ0n) is 20.4. The number of hydrogen-bond donors (Lipinski definition) is 0. The van der Waals surface area contributed by atoms with Gasteiger partial charge in [0.2, 0.25) is 5.78 Å². The van der Waals surface area contributed by atoms with E-state index in [1.54, 1.807) is 24.3 Å². The van der Waals surface area contributed by atoms with E-state index in [2.05, 4.69) is 15.0 Å². The summed E-state index contributed by atoms with van der Waals surface area (Å²) in [6.07, 6.45) is -1.70. The predicted octanol–water partition coefficient (Wildman–Crippen LogP) is 1.39. The minimum absolute atomic E-state index is 0.0453. The SMILES string of the molecule is COc1ccc(C(=O)c2ncnc3c2ncn3[C@@H]2O[C@H](COC(C)=O)[C@@H](OC(C)=O)[C@H]2OC(C)=O)cc1. The number of nitrogens with zero attached hydrogens (tertiary/aromatic N) is 4. The molecule has 0 saturated carbocycles. The molecule has 4 atom stereocenters. The lowest BCUT2D eigenvalue weighted by Crippen LogP contribution is -2.40. The third kappa shape index (κ3) is 5.40. The first-order valence-electron chi connectivity index (χ1n) is 11.2. The standard InChI is InChI=1S/C24H24N4O9/c1-12(29)34-9-17-21(35-13(2)30)22(36-14(3)31)24(37-17)28-11-27-19-18(25-10-26-23(19)28)20(32)15-5-7-16(33-4)8-6-15/h5-8,10-11,17,21-22,24H,9H2,1-4H3/t17-,21-,22-,24-/m1/s1. The molecule has 1 aromatic carbocycles. The van der Waals surface area contributed by atoms with Crippen molar-refractivity contribution in [2.45, 2.75) is 45.3 Å². The van der Waals surface area contributed by atoms with Crippen LogP contribution in [-0.4, -0.2) is 75.2 Å². The van der Waals surface area contributed by atoms with Crippen molar-refractivity contribution in [3.8, 4) is 5.75 Å². The summed E-state index contributed by atoms with van der Waals surface area (Å²) >= 11 is 0. The van der Waals surface area contributed by atoms with Crippen LogP contribution in [0.15, 0.2) is 36.9 Å². The molecule has 0 radical (unpaired) electrons. The Morgan fingerprint density at radius 2 is 1.59 bits per heavy atom. The molecule has 13 nitrogen and oxygen atoms in total. The molecule has 1 aliphatic heterocycles. The fraction of sp³-hybridized carbons (Fsp3) is 0.375. The van der Waals surface area contributed by atoms with E-state index in [9.17, 15) is 19.2 Å². The summed E-state index contributed by atoms with van der Waals surface area (Å²) in [5, 5.41) is 0. The van der Waals surface area contributed by atoms with Gasteiger partial charge in [-0.3, -0.25) is 23.7 Å². The van der Waals surface area contributed by atoms with Gasteiger partial charge in [-0.25, -0.2) is 15.0 Å². The molecule has 4 rings (SSSR count). The van der Waals surface area contributed by atoms with Gasteiger partial charge in [-0.2, -0.15) is 0 Å². The molecule has 13 heteroatoms. The fourth-order valence-electron chi connectivity index (χ4n) is 4.00. The first-order chi connectivity index (χ1) is 17.7. The minimum Gasteiger partial charge on any atom is -0.497 e. The fourth-order valence-corrected chi connectivity index (χ4v) is 4.00. The molecule has 1 aliphatic rings. The van der Waals surface area contributed by atoms with E-state index >= 15 is 0 Å². The van der Waals surface area contributed by atoms with Crippen LogP contribution in [0.5, 0.6) is 5.75 Å². The number of carbonyl (C=O) groups is 4. The highest BCUT2D eigenvalue weighted by molar-refractivity contribution is 6.13. The van der Waals surface area contributed by atoms with Crippen LogP contribution in [0.3, 0.4) is 0 Å². The molecule has 2 aromatic heterocycles. The molecule has 0 amide bonds. The number of benzene rings is 1. The maximum Gasteiger partial charge on any atom is 0.303 e. The summed E-state index contributed by atoms with van der Waals surface area (Å²) < 4.78 is 28.5.